The Morgan fingerprint density at radius 2 is 1.00 bits per heavy atom. The van der Waals surface area contributed by atoms with Crippen LogP contribution >= 0.6 is 0 Å². The molecule has 280 valence electrons. The first kappa shape index (κ1) is 39.2. The van der Waals surface area contributed by atoms with Gasteiger partial charge in [-0.05, 0) is 148 Å². The van der Waals surface area contributed by atoms with E-state index in [1.807, 2.05) is 24.3 Å². The molecule has 5 rings (SSSR count). The molecule has 53 heavy (non-hydrogen) atoms. The second-order valence-corrected chi connectivity index (χ2v) is 14.1. The fourth-order valence-electron chi connectivity index (χ4n) is 7.52. The maximum Gasteiger partial charge on any atom is 0.343 e. The molecule has 9 heteroatoms. The highest BCUT2D eigenvalue weighted by atomic mass is 19.1. The van der Waals surface area contributed by atoms with Crippen molar-refractivity contribution in [3.63, 3.8) is 0 Å². The van der Waals surface area contributed by atoms with E-state index in [1.54, 1.807) is 24.3 Å². The topological polar surface area (TPSA) is 105 Å². The third-order valence-corrected chi connectivity index (χ3v) is 10.6. The minimum atomic E-state index is -0.685. The van der Waals surface area contributed by atoms with Crippen LogP contribution in [0.25, 0.3) is 0 Å². The Labute approximate surface area is 311 Å². The van der Waals surface area contributed by atoms with Crippen LogP contribution in [-0.4, -0.2) is 37.1 Å². The lowest BCUT2D eigenvalue weighted by atomic mass is 9.77. The molecule has 0 atom stereocenters. The highest BCUT2D eigenvalue weighted by Crippen LogP contribution is 2.39. The SMILES string of the molecule is C=CC(=O)OCCC[C@H]1CC[C@H](c2ccc(C(=O)Oc3ccc(F)cc3OC(=O)c3ccc([C@H]4CC[C@H](CCCOC(=O)C=C)CC4)cc3)cc2)CC1. The molecule has 3 aromatic carbocycles. The van der Waals surface area contributed by atoms with Crippen molar-refractivity contribution in [2.45, 2.75) is 88.9 Å². The Morgan fingerprint density at radius 1 is 0.585 bits per heavy atom. The smallest absolute Gasteiger partial charge is 0.343 e. The maximum atomic E-state index is 14.3. The van der Waals surface area contributed by atoms with Gasteiger partial charge in [-0.3, -0.25) is 0 Å². The molecular weight excluding hydrogens is 675 g/mol. The summed E-state index contributed by atoms with van der Waals surface area (Å²) in [5.41, 5.74) is 2.95. The Hall–Kier alpha value is -5.05. The second kappa shape index (κ2) is 19.7. The Bertz CT molecular complexity index is 1710. The second-order valence-electron chi connectivity index (χ2n) is 14.1. The number of esters is 4. The number of hydrogen-bond donors (Lipinski definition) is 0. The predicted octanol–water partition coefficient (Wildman–Crippen LogP) is 9.83. The molecule has 0 bridgehead atoms. The van der Waals surface area contributed by atoms with Crippen LogP contribution in [0.1, 0.15) is 121 Å². The summed E-state index contributed by atoms with van der Waals surface area (Å²) in [5, 5.41) is 0. The summed E-state index contributed by atoms with van der Waals surface area (Å²) in [4.78, 5) is 48.7. The molecule has 0 amide bonds. The quantitative estimate of drug-likeness (QED) is 0.0622. The first-order valence-corrected chi connectivity index (χ1v) is 18.7. The molecule has 2 saturated carbocycles. The van der Waals surface area contributed by atoms with Crippen LogP contribution in [0.5, 0.6) is 11.5 Å². The summed E-state index contributed by atoms with van der Waals surface area (Å²) in [6.07, 6.45) is 14.7. The number of ether oxygens (including phenoxy) is 4. The van der Waals surface area contributed by atoms with Crippen LogP contribution < -0.4 is 9.47 Å². The molecular formula is C44H49FO8. The van der Waals surface area contributed by atoms with Gasteiger partial charge in [-0.15, -0.1) is 0 Å². The number of carbonyl (C=O) groups excluding carboxylic acids is 4. The van der Waals surface area contributed by atoms with Crippen molar-refractivity contribution in [3.8, 4) is 11.5 Å². The zero-order chi connectivity index (χ0) is 37.6. The van der Waals surface area contributed by atoms with E-state index in [4.69, 9.17) is 18.9 Å². The van der Waals surface area contributed by atoms with Crippen molar-refractivity contribution in [1.29, 1.82) is 0 Å². The van der Waals surface area contributed by atoms with Crippen LogP contribution in [-0.2, 0) is 19.1 Å². The van der Waals surface area contributed by atoms with Crippen molar-refractivity contribution in [2.75, 3.05) is 13.2 Å². The van der Waals surface area contributed by atoms with Crippen molar-refractivity contribution in [3.05, 3.63) is 120 Å². The number of benzene rings is 3. The van der Waals surface area contributed by atoms with Gasteiger partial charge in [0.1, 0.15) is 5.82 Å². The van der Waals surface area contributed by atoms with Crippen molar-refractivity contribution in [2.24, 2.45) is 11.8 Å². The summed E-state index contributed by atoms with van der Waals surface area (Å²) in [6, 6.07) is 18.1. The van der Waals surface area contributed by atoms with Gasteiger partial charge in [0.2, 0.25) is 0 Å². The molecule has 2 aliphatic rings. The summed E-state index contributed by atoms with van der Waals surface area (Å²) in [5.74, 6) is -0.958. The average Bonchev–Trinajstić information content (AvgIpc) is 3.19. The van der Waals surface area contributed by atoms with E-state index < -0.39 is 17.8 Å². The molecule has 2 fully saturated rings. The normalized spacial score (nSPS) is 19.7. The molecule has 0 radical (unpaired) electrons. The van der Waals surface area contributed by atoms with Gasteiger partial charge in [0.15, 0.2) is 11.5 Å². The molecule has 0 N–H and O–H groups in total. The summed E-state index contributed by atoms with van der Waals surface area (Å²) in [6.45, 7) is 7.66. The Morgan fingerprint density at radius 3 is 1.42 bits per heavy atom. The van der Waals surface area contributed by atoms with Crippen LogP contribution in [0.3, 0.4) is 0 Å². The highest BCUT2D eigenvalue weighted by Gasteiger charge is 2.25. The van der Waals surface area contributed by atoms with E-state index in [0.29, 0.717) is 48.0 Å². The van der Waals surface area contributed by atoms with Crippen molar-refractivity contribution < 1.29 is 42.5 Å². The molecule has 0 saturated heterocycles. The molecule has 0 aliphatic heterocycles. The number of carbonyl (C=O) groups is 4. The number of halogens is 1. The van der Waals surface area contributed by atoms with Crippen molar-refractivity contribution in [1.82, 2.24) is 0 Å². The zero-order valence-corrected chi connectivity index (χ0v) is 30.3. The first-order chi connectivity index (χ1) is 25.7. The summed E-state index contributed by atoms with van der Waals surface area (Å²) >= 11 is 0. The van der Waals surface area contributed by atoms with Gasteiger partial charge in [0.25, 0.3) is 0 Å². The van der Waals surface area contributed by atoms with E-state index in [2.05, 4.69) is 13.2 Å². The van der Waals surface area contributed by atoms with Crippen LogP contribution in [0.2, 0.25) is 0 Å². The Balaban J connectivity index is 1.09. The van der Waals surface area contributed by atoms with E-state index in [0.717, 1.165) is 100 Å². The first-order valence-electron chi connectivity index (χ1n) is 18.7. The van der Waals surface area contributed by atoms with Gasteiger partial charge in [-0.2, -0.15) is 0 Å². The maximum absolute atomic E-state index is 14.3. The van der Waals surface area contributed by atoms with E-state index >= 15 is 0 Å². The zero-order valence-electron chi connectivity index (χ0n) is 30.3. The fraction of sp³-hybridized carbons (Fsp3) is 0.409. The molecule has 3 aromatic rings. The molecule has 0 aromatic heterocycles. The van der Waals surface area contributed by atoms with Gasteiger partial charge < -0.3 is 18.9 Å². The Kier molecular flexibility index (Phi) is 14.6. The van der Waals surface area contributed by atoms with E-state index in [1.165, 1.54) is 18.2 Å². The molecule has 0 unspecified atom stereocenters. The standard InChI is InChI=1S/C44H49FO8/c1-3-41(46)50-27-5-7-30-9-13-32(14-10-30)34-17-21-36(22-18-34)43(48)52-39-26-25-38(45)29-40(39)53-44(49)37-23-19-35(20-24-37)33-15-11-31(12-16-33)8-6-28-51-42(47)4-2/h3-4,17-26,29-33H,1-2,5-16,27-28H2/t30-,31-,32-,33-. The molecule has 8 nitrogen and oxygen atoms in total. The third kappa shape index (κ3) is 11.7. The molecule has 0 heterocycles. The largest absolute Gasteiger partial charge is 0.463 e. The summed E-state index contributed by atoms with van der Waals surface area (Å²) in [7, 11) is 0. The lowest BCUT2D eigenvalue weighted by molar-refractivity contribution is -0.138. The predicted molar refractivity (Wildman–Crippen MR) is 199 cm³/mol. The minimum Gasteiger partial charge on any atom is -0.463 e. The van der Waals surface area contributed by atoms with Gasteiger partial charge in [0, 0.05) is 18.2 Å². The summed E-state index contributed by atoms with van der Waals surface area (Å²) < 4.78 is 35.6. The molecule has 2 aliphatic carbocycles. The van der Waals surface area contributed by atoms with Crippen LogP contribution in [0.15, 0.2) is 92.0 Å². The average molecular weight is 725 g/mol. The van der Waals surface area contributed by atoms with Crippen molar-refractivity contribution >= 4 is 23.9 Å². The lowest BCUT2D eigenvalue weighted by Gasteiger charge is -2.29. The van der Waals surface area contributed by atoms with Gasteiger partial charge in [-0.1, -0.05) is 37.4 Å². The monoisotopic (exact) mass is 724 g/mol. The van der Waals surface area contributed by atoms with Gasteiger partial charge in [-0.25, -0.2) is 23.6 Å². The fourth-order valence-corrected chi connectivity index (χ4v) is 7.52. The van der Waals surface area contributed by atoms with Crippen LogP contribution in [0, 0.1) is 17.7 Å². The minimum absolute atomic E-state index is 0.0568. The molecule has 0 spiro atoms. The highest BCUT2D eigenvalue weighted by molar-refractivity contribution is 5.93. The third-order valence-electron chi connectivity index (χ3n) is 10.6. The van der Waals surface area contributed by atoms with E-state index in [-0.39, 0.29) is 23.4 Å². The lowest BCUT2D eigenvalue weighted by Crippen LogP contribution is -2.15. The van der Waals surface area contributed by atoms with Gasteiger partial charge >= 0.3 is 23.9 Å². The number of rotatable bonds is 16. The van der Waals surface area contributed by atoms with E-state index in [9.17, 15) is 23.6 Å². The van der Waals surface area contributed by atoms with Crippen LogP contribution in [0.4, 0.5) is 4.39 Å². The number of hydrogen-bond acceptors (Lipinski definition) is 8. The van der Waals surface area contributed by atoms with Gasteiger partial charge in [0.05, 0.1) is 24.3 Å².